The molecule has 0 saturated heterocycles. The van der Waals surface area contributed by atoms with Crippen molar-refractivity contribution >= 4 is 53.9 Å². The third-order valence-electron chi connectivity index (χ3n) is 10.4. The van der Waals surface area contributed by atoms with E-state index in [-0.39, 0.29) is 0 Å². The fourth-order valence-corrected chi connectivity index (χ4v) is 7.99. The molecule has 0 radical (unpaired) electrons. The van der Waals surface area contributed by atoms with E-state index in [1.807, 2.05) is 0 Å². The first-order valence-corrected chi connectivity index (χ1v) is 17.3. The van der Waals surface area contributed by atoms with E-state index < -0.39 is 0 Å². The molecule has 0 heteroatoms. The molecule has 0 fully saturated rings. The molecule has 50 heavy (non-hydrogen) atoms. The van der Waals surface area contributed by atoms with Gasteiger partial charge in [0.05, 0.1) is 0 Å². The zero-order valence-electron chi connectivity index (χ0n) is 27.5. The van der Waals surface area contributed by atoms with Crippen molar-refractivity contribution in [2.75, 3.05) is 0 Å². The summed E-state index contributed by atoms with van der Waals surface area (Å²) in [7, 11) is 0. The van der Waals surface area contributed by atoms with Crippen LogP contribution >= 0.6 is 0 Å². The Hall–Kier alpha value is -6.50. The van der Waals surface area contributed by atoms with Gasteiger partial charge in [-0.25, -0.2) is 0 Å². The van der Waals surface area contributed by atoms with E-state index in [1.165, 1.54) is 98.4 Å². The molecule has 0 aliphatic heterocycles. The molecule has 0 bridgehead atoms. The Balaban J connectivity index is 1.22. The van der Waals surface area contributed by atoms with Gasteiger partial charge in [0.1, 0.15) is 0 Å². The lowest BCUT2D eigenvalue weighted by molar-refractivity contribution is 1.62. The molecule has 0 aromatic heterocycles. The maximum atomic E-state index is 2.42. The molecule has 10 rings (SSSR count). The molecule has 0 aliphatic carbocycles. The second-order valence-corrected chi connectivity index (χ2v) is 13.3. The van der Waals surface area contributed by atoms with E-state index in [4.69, 9.17) is 0 Å². The molecule has 232 valence electrons. The van der Waals surface area contributed by atoms with Crippen molar-refractivity contribution in [3.8, 4) is 44.5 Å². The maximum absolute atomic E-state index is 2.42. The molecule has 0 unspecified atom stereocenters. The van der Waals surface area contributed by atoms with Gasteiger partial charge in [0.25, 0.3) is 0 Å². The lowest BCUT2D eigenvalue weighted by Gasteiger charge is -2.19. The number of fused-ring (bicyclic) bond motifs is 5. The first-order valence-electron chi connectivity index (χ1n) is 17.3. The van der Waals surface area contributed by atoms with Gasteiger partial charge in [-0.05, 0) is 117 Å². The minimum absolute atomic E-state index is 1.21. The fourth-order valence-electron chi connectivity index (χ4n) is 7.99. The Labute approximate surface area is 291 Å². The van der Waals surface area contributed by atoms with Crippen LogP contribution in [-0.2, 0) is 0 Å². The fraction of sp³-hybridized carbons (Fsp3) is 0. The largest absolute Gasteiger partial charge is 0.0616 e. The summed E-state index contributed by atoms with van der Waals surface area (Å²) in [5.41, 5.74) is 9.94. The van der Waals surface area contributed by atoms with Gasteiger partial charge < -0.3 is 0 Å². The van der Waals surface area contributed by atoms with Crippen LogP contribution in [0.4, 0.5) is 0 Å². The van der Waals surface area contributed by atoms with Gasteiger partial charge in [0.15, 0.2) is 0 Å². The quantitative estimate of drug-likeness (QED) is 0.169. The van der Waals surface area contributed by atoms with Gasteiger partial charge in [-0.1, -0.05) is 176 Å². The summed E-state index contributed by atoms with van der Waals surface area (Å²) in [4.78, 5) is 0. The minimum atomic E-state index is 1.21. The molecule has 0 atom stereocenters. The average molecular weight is 633 g/mol. The predicted molar refractivity (Wildman–Crippen MR) is 216 cm³/mol. The van der Waals surface area contributed by atoms with Gasteiger partial charge >= 0.3 is 0 Å². The van der Waals surface area contributed by atoms with Gasteiger partial charge in [0.2, 0.25) is 0 Å². The molecule has 0 nitrogen and oxygen atoms in total. The van der Waals surface area contributed by atoms with Crippen molar-refractivity contribution < 1.29 is 0 Å². The molecular formula is C50H32. The molecule has 0 amide bonds. The molecule has 0 spiro atoms. The van der Waals surface area contributed by atoms with Crippen LogP contribution in [-0.4, -0.2) is 0 Å². The van der Waals surface area contributed by atoms with E-state index in [0.29, 0.717) is 0 Å². The van der Waals surface area contributed by atoms with Crippen molar-refractivity contribution in [3.05, 3.63) is 194 Å². The van der Waals surface area contributed by atoms with E-state index in [9.17, 15) is 0 Å². The van der Waals surface area contributed by atoms with Crippen LogP contribution in [0.15, 0.2) is 194 Å². The summed E-state index contributed by atoms with van der Waals surface area (Å²) in [6, 6.07) is 71.4. The summed E-state index contributed by atoms with van der Waals surface area (Å²) in [5.74, 6) is 0. The first kappa shape index (κ1) is 28.5. The van der Waals surface area contributed by atoms with E-state index in [1.54, 1.807) is 0 Å². The lowest BCUT2D eigenvalue weighted by Crippen LogP contribution is -1.92. The van der Waals surface area contributed by atoms with Crippen molar-refractivity contribution in [1.82, 2.24) is 0 Å². The Morgan fingerprint density at radius 3 is 1.28 bits per heavy atom. The Morgan fingerprint density at radius 2 is 0.640 bits per heavy atom. The Morgan fingerprint density at radius 1 is 0.200 bits per heavy atom. The average Bonchev–Trinajstić information content (AvgIpc) is 3.19. The monoisotopic (exact) mass is 632 g/mol. The van der Waals surface area contributed by atoms with Crippen LogP contribution in [0.2, 0.25) is 0 Å². The summed E-state index contributed by atoms with van der Waals surface area (Å²) in [6.45, 7) is 0. The smallest absolute Gasteiger partial charge is 0.00259 e. The number of benzene rings is 10. The van der Waals surface area contributed by atoms with Crippen LogP contribution in [0.3, 0.4) is 0 Å². The normalized spacial score (nSPS) is 11.6. The van der Waals surface area contributed by atoms with Gasteiger partial charge in [0, 0.05) is 0 Å². The van der Waals surface area contributed by atoms with Crippen molar-refractivity contribution in [2.24, 2.45) is 0 Å². The van der Waals surface area contributed by atoms with Crippen LogP contribution < -0.4 is 0 Å². The minimum Gasteiger partial charge on any atom is -0.0616 e. The second kappa shape index (κ2) is 11.6. The topological polar surface area (TPSA) is 0 Å². The number of rotatable bonds is 4. The predicted octanol–water partition coefficient (Wildman–Crippen LogP) is 14.1. The van der Waals surface area contributed by atoms with E-state index >= 15 is 0 Å². The van der Waals surface area contributed by atoms with E-state index in [0.717, 1.165) is 0 Å². The molecule has 0 aliphatic rings. The van der Waals surface area contributed by atoms with E-state index in [2.05, 4.69) is 194 Å². The summed E-state index contributed by atoms with van der Waals surface area (Å²) >= 11 is 0. The Kier molecular flexibility index (Phi) is 6.60. The first-order chi connectivity index (χ1) is 24.8. The third kappa shape index (κ3) is 4.69. The van der Waals surface area contributed by atoms with Gasteiger partial charge in [-0.2, -0.15) is 0 Å². The molecule has 0 heterocycles. The summed E-state index contributed by atoms with van der Waals surface area (Å²) in [5, 5.41) is 12.6. The zero-order valence-corrected chi connectivity index (χ0v) is 27.5. The highest BCUT2D eigenvalue weighted by atomic mass is 14.2. The van der Waals surface area contributed by atoms with Gasteiger partial charge in [-0.15, -0.1) is 0 Å². The highest BCUT2D eigenvalue weighted by Crippen LogP contribution is 2.46. The second-order valence-electron chi connectivity index (χ2n) is 13.3. The SMILES string of the molecule is c1ccc2cc(-c3c4ccccc4c(-c4ccc5ccccc5c4)c4cc(-c5ccc(-c6cccc7ccccc67)cc5)ccc34)ccc2c1. The number of hydrogen-bond donors (Lipinski definition) is 0. The van der Waals surface area contributed by atoms with Crippen molar-refractivity contribution in [3.63, 3.8) is 0 Å². The van der Waals surface area contributed by atoms with Crippen LogP contribution in [0.25, 0.3) is 98.4 Å². The highest BCUT2D eigenvalue weighted by Gasteiger charge is 2.18. The summed E-state index contributed by atoms with van der Waals surface area (Å²) in [6.07, 6.45) is 0. The van der Waals surface area contributed by atoms with Gasteiger partial charge in [-0.3, -0.25) is 0 Å². The van der Waals surface area contributed by atoms with Crippen molar-refractivity contribution in [1.29, 1.82) is 0 Å². The third-order valence-corrected chi connectivity index (χ3v) is 10.4. The highest BCUT2D eigenvalue weighted by molar-refractivity contribution is 6.22. The number of hydrogen-bond acceptors (Lipinski definition) is 0. The standard InChI is InChI=1S/C50H32/c1-3-13-38-30-41(26-22-33(38)10-1)49-45-17-7-8-18-46(45)50(42-27-23-34-11-2-4-14-39(34)31-42)48-32-40(28-29-47(48)49)35-20-24-37(25-21-35)44-19-9-15-36-12-5-6-16-43(36)44/h1-32H. The molecular weight excluding hydrogens is 601 g/mol. The van der Waals surface area contributed by atoms with Crippen molar-refractivity contribution in [2.45, 2.75) is 0 Å². The van der Waals surface area contributed by atoms with Crippen LogP contribution in [0, 0.1) is 0 Å². The summed E-state index contributed by atoms with van der Waals surface area (Å²) < 4.78 is 0. The maximum Gasteiger partial charge on any atom is -0.00259 e. The zero-order chi connectivity index (χ0) is 33.0. The lowest BCUT2D eigenvalue weighted by atomic mass is 9.84. The van der Waals surface area contributed by atoms with Crippen LogP contribution in [0.5, 0.6) is 0 Å². The molecule has 10 aromatic rings. The Bertz CT molecular complexity index is 2900. The molecule has 10 aromatic carbocycles. The molecule has 0 N–H and O–H groups in total. The molecule has 0 saturated carbocycles. The van der Waals surface area contributed by atoms with Crippen LogP contribution in [0.1, 0.15) is 0 Å².